The van der Waals surface area contributed by atoms with Gasteiger partial charge in [0, 0.05) is 54.9 Å². The van der Waals surface area contributed by atoms with Crippen molar-refractivity contribution in [1.29, 1.82) is 0 Å². The number of hydrogen-bond donors (Lipinski definition) is 1. The van der Waals surface area contributed by atoms with Gasteiger partial charge in [-0.2, -0.15) is 0 Å². The van der Waals surface area contributed by atoms with Crippen LogP contribution in [0.25, 0.3) is 6.08 Å². The summed E-state index contributed by atoms with van der Waals surface area (Å²) >= 11 is 1.54. The predicted molar refractivity (Wildman–Crippen MR) is 114 cm³/mol. The summed E-state index contributed by atoms with van der Waals surface area (Å²) in [5, 5.41) is 5.94. The normalized spacial score (nSPS) is 15.0. The fourth-order valence-electron chi connectivity index (χ4n) is 3.37. The second kappa shape index (κ2) is 9.38. The molecule has 0 aromatic carbocycles. The van der Waals surface area contributed by atoms with Crippen molar-refractivity contribution in [2.75, 3.05) is 18.4 Å². The molecule has 0 spiro atoms. The number of carbonyl (C=O) groups excluding carboxylic acids is 1. The van der Waals surface area contributed by atoms with Crippen LogP contribution in [-0.4, -0.2) is 43.8 Å². The molecule has 1 aliphatic heterocycles. The molecular weight excluding hydrogens is 384 g/mol. The summed E-state index contributed by atoms with van der Waals surface area (Å²) in [6, 6.07) is 5.78. The largest absolute Gasteiger partial charge is 0.339 e. The third-order valence-electron chi connectivity index (χ3n) is 4.92. The zero-order valence-corrected chi connectivity index (χ0v) is 16.8. The Morgan fingerprint density at radius 1 is 1.24 bits per heavy atom. The first-order chi connectivity index (χ1) is 14.3. The third-order valence-corrected chi connectivity index (χ3v) is 5.61. The molecule has 3 aromatic rings. The molecule has 0 atom stereocenters. The summed E-state index contributed by atoms with van der Waals surface area (Å²) < 4.78 is 0. The summed E-state index contributed by atoms with van der Waals surface area (Å²) in [6.45, 7) is 1.55. The van der Waals surface area contributed by atoms with E-state index < -0.39 is 0 Å². The molecule has 1 saturated heterocycles. The number of thiazole rings is 1. The van der Waals surface area contributed by atoms with Crippen LogP contribution >= 0.6 is 11.3 Å². The first kappa shape index (κ1) is 19.2. The molecule has 0 unspecified atom stereocenters. The van der Waals surface area contributed by atoms with Crippen LogP contribution in [0.3, 0.4) is 0 Å². The minimum Gasteiger partial charge on any atom is -0.339 e. The van der Waals surface area contributed by atoms with Crippen LogP contribution in [0.1, 0.15) is 24.1 Å². The molecule has 8 heteroatoms. The maximum atomic E-state index is 12.4. The number of rotatable bonds is 6. The summed E-state index contributed by atoms with van der Waals surface area (Å²) in [5.41, 5.74) is 1.95. The second-order valence-corrected chi connectivity index (χ2v) is 7.84. The van der Waals surface area contributed by atoms with Gasteiger partial charge in [-0.15, -0.1) is 11.3 Å². The molecule has 1 N–H and O–H groups in total. The Hall–Kier alpha value is -3.13. The van der Waals surface area contributed by atoms with Gasteiger partial charge >= 0.3 is 0 Å². The summed E-state index contributed by atoms with van der Waals surface area (Å²) in [4.78, 5) is 31.3. The molecule has 7 nitrogen and oxygen atoms in total. The number of aromatic nitrogens is 4. The quantitative estimate of drug-likeness (QED) is 0.630. The Balaban J connectivity index is 1.27. The van der Waals surface area contributed by atoms with E-state index in [1.165, 1.54) is 11.3 Å². The highest BCUT2D eigenvalue weighted by atomic mass is 32.1. The lowest BCUT2D eigenvalue weighted by atomic mass is 9.92. The van der Waals surface area contributed by atoms with Crippen molar-refractivity contribution in [2.45, 2.75) is 19.3 Å². The molecule has 3 aromatic heterocycles. The van der Waals surface area contributed by atoms with Crippen LogP contribution in [0, 0.1) is 5.92 Å². The molecule has 0 saturated carbocycles. The number of amides is 1. The highest BCUT2D eigenvalue weighted by Gasteiger charge is 2.22. The van der Waals surface area contributed by atoms with Crippen molar-refractivity contribution in [3.63, 3.8) is 0 Å². The van der Waals surface area contributed by atoms with Crippen LogP contribution in [-0.2, 0) is 11.2 Å². The van der Waals surface area contributed by atoms with Crippen molar-refractivity contribution in [1.82, 2.24) is 24.8 Å². The number of pyridine rings is 1. The number of nitrogens with zero attached hydrogens (tertiary/aromatic N) is 5. The first-order valence-corrected chi connectivity index (χ1v) is 10.5. The van der Waals surface area contributed by atoms with Gasteiger partial charge in [0.25, 0.3) is 0 Å². The SMILES string of the molecule is O=C(/C=C/c1cccnc1)N1CCC(Cc2cc(Nc3nccs3)ncn2)CC1. The number of nitrogens with one attached hydrogen (secondary N) is 1. The van der Waals surface area contributed by atoms with Gasteiger partial charge in [0.1, 0.15) is 12.1 Å². The molecule has 148 valence electrons. The van der Waals surface area contributed by atoms with Gasteiger partial charge in [-0.25, -0.2) is 15.0 Å². The minimum atomic E-state index is 0.0595. The van der Waals surface area contributed by atoms with E-state index in [1.807, 2.05) is 34.6 Å². The van der Waals surface area contributed by atoms with Gasteiger partial charge < -0.3 is 10.2 Å². The molecule has 4 rings (SSSR count). The van der Waals surface area contributed by atoms with E-state index in [-0.39, 0.29) is 5.91 Å². The lowest BCUT2D eigenvalue weighted by Crippen LogP contribution is -2.38. The lowest BCUT2D eigenvalue weighted by Gasteiger charge is -2.31. The number of likely N-dealkylation sites (tertiary alicyclic amines) is 1. The third kappa shape index (κ3) is 5.45. The number of hydrogen-bond acceptors (Lipinski definition) is 7. The average molecular weight is 407 g/mol. The lowest BCUT2D eigenvalue weighted by molar-refractivity contribution is -0.127. The first-order valence-electron chi connectivity index (χ1n) is 9.61. The topological polar surface area (TPSA) is 83.9 Å². The zero-order valence-electron chi connectivity index (χ0n) is 15.9. The van der Waals surface area contributed by atoms with Crippen molar-refractivity contribution in [3.8, 4) is 0 Å². The van der Waals surface area contributed by atoms with Gasteiger partial charge in [0.05, 0.1) is 0 Å². The second-order valence-electron chi connectivity index (χ2n) is 6.95. The van der Waals surface area contributed by atoms with E-state index in [2.05, 4.69) is 25.3 Å². The Labute approximate surface area is 173 Å². The van der Waals surface area contributed by atoms with Gasteiger partial charge in [0.2, 0.25) is 5.91 Å². The van der Waals surface area contributed by atoms with Crippen molar-refractivity contribution in [2.24, 2.45) is 5.92 Å². The standard InChI is InChI=1S/C21H22N6OS/c28-20(4-3-17-2-1-7-22-14-17)27-9-5-16(6-10-27)12-18-13-19(25-15-24-18)26-21-23-8-11-29-21/h1-4,7-8,11,13-16H,5-6,9-10,12H2,(H,23,24,25,26)/b4-3+. The minimum absolute atomic E-state index is 0.0595. The Bertz CT molecular complexity index is 952. The van der Waals surface area contributed by atoms with Crippen LogP contribution < -0.4 is 5.32 Å². The van der Waals surface area contributed by atoms with E-state index in [1.54, 1.807) is 31.0 Å². The van der Waals surface area contributed by atoms with Crippen molar-refractivity contribution in [3.05, 3.63) is 65.8 Å². The molecule has 0 radical (unpaired) electrons. The van der Waals surface area contributed by atoms with E-state index in [0.29, 0.717) is 5.92 Å². The Morgan fingerprint density at radius 3 is 2.90 bits per heavy atom. The van der Waals surface area contributed by atoms with Crippen LogP contribution in [0.15, 0.2) is 54.6 Å². The molecule has 1 aliphatic rings. The zero-order chi connectivity index (χ0) is 19.9. The summed E-state index contributed by atoms with van der Waals surface area (Å²) in [7, 11) is 0. The Kier molecular flexibility index (Phi) is 6.21. The predicted octanol–water partition coefficient (Wildman–Crippen LogP) is 3.57. The molecule has 1 fully saturated rings. The summed E-state index contributed by atoms with van der Waals surface area (Å²) in [5.74, 6) is 1.34. The van der Waals surface area contributed by atoms with E-state index in [0.717, 1.165) is 54.6 Å². The fourth-order valence-corrected chi connectivity index (χ4v) is 3.91. The monoisotopic (exact) mass is 406 g/mol. The highest BCUT2D eigenvalue weighted by molar-refractivity contribution is 7.13. The number of piperidine rings is 1. The maximum absolute atomic E-state index is 12.4. The van der Waals surface area contributed by atoms with E-state index in [9.17, 15) is 4.79 Å². The van der Waals surface area contributed by atoms with Gasteiger partial charge in [-0.3, -0.25) is 9.78 Å². The smallest absolute Gasteiger partial charge is 0.246 e. The average Bonchev–Trinajstić information content (AvgIpc) is 3.27. The van der Waals surface area contributed by atoms with Crippen LogP contribution in [0.5, 0.6) is 0 Å². The molecule has 1 amide bonds. The highest BCUT2D eigenvalue weighted by Crippen LogP contribution is 2.23. The maximum Gasteiger partial charge on any atom is 0.246 e. The van der Waals surface area contributed by atoms with Crippen LogP contribution in [0.2, 0.25) is 0 Å². The van der Waals surface area contributed by atoms with E-state index in [4.69, 9.17) is 0 Å². The molecule has 0 bridgehead atoms. The molecule has 4 heterocycles. The summed E-state index contributed by atoms with van der Waals surface area (Å²) in [6.07, 6.45) is 13.1. The van der Waals surface area contributed by atoms with E-state index >= 15 is 0 Å². The number of anilines is 2. The van der Waals surface area contributed by atoms with Crippen molar-refractivity contribution < 1.29 is 4.79 Å². The fraction of sp³-hybridized carbons (Fsp3) is 0.286. The van der Waals surface area contributed by atoms with Crippen LogP contribution in [0.4, 0.5) is 10.9 Å². The molecule has 0 aliphatic carbocycles. The Morgan fingerprint density at radius 2 is 2.14 bits per heavy atom. The number of carbonyl (C=O) groups is 1. The molecule has 29 heavy (non-hydrogen) atoms. The van der Waals surface area contributed by atoms with Gasteiger partial charge in [-0.1, -0.05) is 6.07 Å². The molecular formula is C21H22N6OS. The van der Waals surface area contributed by atoms with Gasteiger partial charge in [-0.05, 0) is 42.9 Å². The van der Waals surface area contributed by atoms with Gasteiger partial charge in [0.15, 0.2) is 5.13 Å². The van der Waals surface area contributed by atoms with Crippen molar-refractivity contribution >= 4 is 34.3 Å².